The Balaban J connectivity index is 0.000000921. The van der Waals surface area contributed by atoms with Gasteiger partial charge >= 0.3 is 0 Å². The fourth-order valence-corrected chi connectivity index (χ4v) is 1.50. The summed E-state index contributed by atoms with van der Waals surface area (Å²) in [7, 11) is 0. The molecule has 0 fully saturated rings. The fraction of sp³-hybridized carbons (Fsp3) is 0.571. The summed E-state index contributed by atoms with van der Waals surface area (Å²) in [6, 6.07) is 10.3. The normalized spacial score (nSPS) is 10.9. The predicted octanol–water partition coefficient (Wildman–Crippen LogP) is 4.37. The molecule has 0 saturated carbocycles. The summed E-state index contributed by atoms with van der Waals surface area (Å²) < 4.78 is 5.82. The SMILES string of the molecule is CC.CC(C)OC(C)(C)c1ccccc1. The molecule has 1 heteroatoms. The van der Waals surface area contributed by atoms with Gasteiger partial charge in [-0.2, -0.15) is 0 Å². The van der Waals surface area contributed by atoms with Crippen LogP contribution in [0.1, 0.15) is 47.1 Å². The lowest BCUT2D eigenvalue weighted by molar-refractivity contribution is -0.0600. The van der Waals surface area contributed by atoms with Crippen molar-refractivity contribution in [1.82, 2.24) is 0 Å². The van der Waals surface area contributed by atoms with Gasteiger partial charge < -0.3 is 4.74 Å². The van der Waals surface area contributed by atoms with Crippen LogP contribution in [0.15, 0.2) is 30.3 Å². The number of rotatable bonds is 3. The zero-order valence-electron chi connectivity index (χ0n) is 10.9. The van der Waals surface area contributed by atoms with Crippen molar-refractivity contribution >= 4 is 0 Å². The Morgan fingerprint density at radius 2 is 1.47 bits per heavy atom. The predicted molar refractivity (Wildman–Crippen MR) is 67.0 cm³/mol. The maximum atomic E-state index is 5.82. The first-order valence-corrected chi connectivity index (χ1v) is 5.76. The van der Waals surface area contributed by atoms with Crippen molar-refractivity contribution in [3.05, 3.63) is 35.9 Å². The van der Waals surface area contributed by atoms with Crippen LogP contribution in [-0.2, 0) is 10.3 Å². The third kappa shape index (κ3) is 4.98. The number of hydrogen-bond donors (Lipinski definition) is 0. The molecule has 0 amide bonds. The van der Waals surface area contributed by atoms with Gasteiger partial charge in [0, 0.05) is 0 Å². The summed E-state index contributed by atoms with van der Waals surface area (Å²) in [6.07, 6.45) is 0.259. The minimum Gasteiger partial charge on any atom is -0.368 e. The summed E-state index contributed by atoms with van der Waals surface area (Å²) in [5.41, 5.74) is 1.04. The minimum atomic E-state index is -0.185. The zero-order valence-corrected chi connectivity index (χ0v) is 10.9. The highest BCUT2D eigenvalue weighted by Crippen LogP contribution is 2.25. The van der Waals surface area contributed by atoms with E-state index in [1.807, 2.05) is 32.0 Å². The summed E-state index contributed by atoms with van der Waals surface area (Å²) in [4.78, 5) is 0. The van der Waals surface area contributed by atoms with E-state index in [0.717, 1.165) is 0 Å². The molecular formula is C14H24O. The molecule has 1 aromatic carbocycles. The Morgan fingerprint density at radius 3 is 1.87 bits per heavy atom. The third-order valence-electron chi connectivity index (χ3n) is 2.00. The molecule has 0 unspecified atom stereocenters. The Bertz CT molecular complexity index is 249. The summed E-state index contributed by atoms with van der Waals surface area (Å²) in [5, 5.41) is 0. The van der Waals surface area contributed by atoms with Gasteiger partial charge in [0.05, 0.1) is 11.7 Å². The van der Waals surface area contributed by atoms with E-state index in [4.69, 9.17) is 4.74 Å². The molecule has 1 rings (SSSR count). The molecule has 0 spiro atoms. The van der Waals surface area contributed by atoms with E-state index in [1.54, 1.807) is 0 Å². The van der Waals surface area contributed by atoms with Crippen molar-refractivity contribution in [1.29, 1.82) is 0 Å². The van der Waals surface area contributed by atoms with Crippen molar-refractivity contribution in [2.75, 3.05) is 0 Å². The van der Waals surface area contributed by atoms with Crippen molar-refractivity contribution in [3.63, 3.8) is 0 Å². The molecule has 0 N–H and O–H groups in total. The smallest absolute Gasteiger partial charge is 0.0878 e. The van der Waals surface area contributed by atoms with E-state index in [2.05, 4.69) is 39.8 Å². The molecule has 0 aliphatic carbocycles. The molecule has 1 nitrogen and oxygen atoms in total. The van der Waals surface area contributed by atoms with Crippen molar-refractivity contribution in [3.8, 4) is 0 Å². The van der Waals surface area contributed by atoms with Crippen LogP contribution in [0.5, 0.6) is 0 Å². The van der Waals surface area contributed by atoms with Crippen LogP contribution >= 0.6 is 0 Å². The summed E-state index contributed by atoms with van der Waals surface area (Å²) in [6.45, 7) is 12.3. The fourth-order valence-electron chi connectivity index (χ4n) is 1.50. The van der Waals surface area contributed by atoms with Gasteiger partial charge in [-0.1, -0.05) is 44.2 Å². The van der Waals surface area contributed by atoms with E-state index in [1.165, 1.54) is 5.56 Å². The van der Waals surface area contributed by atoms with Gasteiger partial charge in [0.15, 0.2) is 0 Å². The van der Waals surface area contributed by atoms with Gasteiger partial charge in [-0.15, -0.1) is 0 Å². The van der Waals surface area contributed by atoms with E-state index in [-0.39, 0.29) is 11.7 Å². The standard InChI is InChI=1S/C12H18O.C2H6/c1-10(2)13-12(3,4)11-8-6-5-7-9-11;1-2/h5-10H,1-4H3;1-2H3. The van der Waals surface area contributed by atoms with Gasteiger partial charge in [-0.25, -0.2) is 0 Å². The topological polar surface area (TPSA) is 9.23 Å². The van der Waals surface area contributed by atoms with Crippen LogP contribution in [0.2, 0.25) is 0 Å². The Hall–Kier alpha value is -0.820. The van der Waals surface area contributed by atoms with Crippen LogP contribution in [0.3, 0.4) is 0 Å². The quantitative estimate of drug-likeness (QED) is 0.716. The number of hydrogen-bond acceptors (Lipinski definition) is 1. The lowest BCUT2D eigenvalue weighted by atomic mass is 9.98. The van der Waals surface area contributed by atoms with Gasteiger partial charge in [0.2, 0.25) is 0 Å². The first kappa shape index (κ1) is 14.2. The lowest BCUT2D eigenvalue weighted by Gasteiger charge is -2.28. The molecule has 0 aliphatic heterocycles. The van der Waals surface area contributed by atoms with E-state index < -0.39 is 0 Å². The first-order valence-electron chi connectivity index (χ1n) is 5.76. The third-order valence-corrected chi connectivity index (χ3v) is 2.00. The number of ether oxygens (including phenoxy) is 1. The summed E-state index contributed by atoms with van der Waals surface area (Å²) >= 11 is 0. The molecule has 86 valence electrons. The van der Waals surface area contributed by atoms with Gasteiger partial charge in [-0.05, 0) is 33.3 Å². The molecule has 15 heavy (non-hydrogen) atoms. The highest BCUT2D eigenvalue weighted by Gasteiger charge is 2.21. The van der Waals surface area contributed by atoms with Crippen molar-refractivity contribution in [2.24, 2.45) is 0 Å². The summed E-state index contributed by atoms with van der Waals surface area (Å²) in [5.74, 6) is 0. The average Bonchev–Trinajstić information content (AvgIpc) is 2.20. The molecular weight excluding hydrogens is 184 g/mol. The van der Waals surface area contributed by atoms with Gasteiger partial charge in [0.1, 0.15) is 0 Å². The molecule has 0 atom stereocenters. The highest BCUT2D eigenvalue weighted by atomic mass is 16.5. The largest absolute Gasteiger partial charge is 0.368 e. The minimum absolute atomic E-state index is 0.185. The Labute approximate surface area is 94.5 Å². The second kappa shape index (κ2) is 6.62. The molecule has 1 aromatic rings. The van der Waals surface area contributed by atoms with Crippen LogP contribution < -0.4 is 0 Å². The van der Waals surface area contributed by atoms with Crippen LogP contribution in [0, 0.1) is 0 Å². The number of benzene rings is 1. The van der Waals surface area contributed by atoms with Crippen LogP contribution in [0.25, 0.3) is 0 Å². The average molecular weight is 208 g/mol. The Kier molecular flexibility index (Phi) is 6.26. The molecule has 0 aliphatic rings. The molecule has 0 radical (unpaired) electrons. The second-order valence-electron chi connectivity index (χ2n) is 4.04. The highest BCUT2D eigenvalue weighted by molar-refractivity contribution is 5.20. The van der Waals surface area contributed by atoms with E-state index in [0.29, 0.717) is 0 Å². The first-order chi connectivity index (χ1) is 7.02. The second-order valence-corrected chi connectivity index (χ2v) is 4.04. The Morgan fingerprint density at radius 1 is 1.00 bits per heavy atom. The maximum Gasteiger partial charge on any atom is 0.0878 e. The molecule has 0 aromatic heterocycles. The zero-order chi connectivity index (χ0) is 11.9. The molecule has 0 heterocycles. The molecule has 0 saturated heterocycles. The van der Waals surface area contributed by atoms with Crippen molar-refractivity contribution < 1.29 is 4.74 Å². The molecule has 0 bridgehead atoms. The van der Waals surface area contributed by atoms with E-state index >= 15 is 0 Å². The lowest BCUT2D eigenvalue weighted by Crippen LogP contribution is -2.25. The maximum absolute atomic E-state index is 5.82. The van der Waals surface area contributed by atoms with E-state index in [9.17, 15) is 0 Å². The van der Waals surface area contributed by atoms with Crippen LogP contribution in [-0.4, -0.2) is 6.10 Å². The van der Waals surface area contributed by atoms with Crippen molar-refractivity contribution in [2.45, 2.75) is 53.2 Å². The van der Waals surface area contributed by atoms with Gasteiger partial charge in [0.25, 0.3) is 0 Å². The monoisotopic (exact) mass is 208 g/mol. The van der Waals surface area contributed by atoms with Gasteiger partial charge in [-0.3, -0.25) is 0 Å². The van der Waals surface area contributed by atoms with Crippen LogP contribution in [0.4, 0.5) is 0 Å².